The van der Waals surface area contributed by atoms with Crippen molar-refractivity contribution in [1.82, 2.24) is 5.32 Å². The van der Waals surface area contributed by atoms with Gasteiger partial charge in [-0.05, 0) is 44.1 Å². The minimum atomic E-state index is -4.52. The maximum atomic E-state index is 12.6. The molecule has 1 unspecified atom stereocenters. The summed E-state index contributed by atoms with van der Waals surface area (Å²) >= 11 is 0. The number of alkyl halides is 3. The number of sulfone groups is 1. The molecule has 1 aliphatic heterocycles. The van der Waals surface area contributed by atoms with Gasteiger partial charge in [0.15, 0.2) is 9.84 Å². The van der Waals surface area contributed by atoms with Crippen LogP contribution in [0.4, 0.5) is 13.2 Å². The standard InChI is InChI=1S/C12H14F3NO2S/c1-16-5-4-10-6-8-2-3-9(12(13,14)15)7-11(8)19(10,17)18/h2-3,7,10,16H,4-6H2,1H3. The summed E-state index contributed by atoms with van der Waals surface area (Å²) in [5.41, 5.74) is -0.432. The highest BCUT2D eigenvalue weighted by atomic mass is 32.2. The van der Waals surface area contributed by atoms with Gasteiger partial charge < -0.3 is 5.32 Å². The van der Waals surface area contributed by atoms with Crippen molar-refractivity contribution in [3.63, 3.8) is 0 Å². The van der Waals surface area contributed by atoms with Gasteiger partial charge in [0.1, 0.15) is 0 Å². The first-order valence-corrected chi connectivity index (χ1v) is 7.40. The van der Waals surface area contributed by atoms with Gasteiger partial charge in [-0.15, -0.1) is 0 Å². The molecular formula is C12H14F3NO2S. The molecule has 3 nitrogen and oxygen atoms in total. The van der Waals surface area contributed by atoms with Gasteiger partial charge in [0.05, 0.1) is 15.7 Å². The van der Waals surface area contributed by atoms with E-state index < -0.39 is 26.8 Å². The number of hydrogen-bond donors (Lipinski definition) is 1. The number of nitrogens with one attached hydrogen (secondary N) is 1. The van der Waals surface area contributed by atoms with Gasteiger partial charge in [-0.3, -0.25) is 0 Å². The molecule has 0 radical (unpaired) electrons. The third-order valence-corrected chi connectivity index (χ3v) is 5.58. The van der Waals surface area contributed by atoms with E-state index in [0.29, 0.717) is 18.5 Å². The molecule has 1 aromatic rings. The Morgan fingerprint density at radius 2 is 2.05 bits per heavy atom. The molecule has 0 spiro atoms. The zero-order valence-corrected chi connectivity index (χ0v) is 11.1. The predicted molar refractivity (Wildman–Crippen MR) is 64.7 cm³/mol. The monoisotopic (exact) mass is 293 g/mol. The molecule has 0 aromatic heterocycles. The van der Waals surface area contributed by atoms with E-state index in [2.05, 4.69) is 5.32 Å². The molecule has 1 aromatic carbocycles. The van der Waals surface area contributed by atoms with Gasteiger partial charge in [0.25, 0.3) is 0 Å². The molecule has 0 aliphatic carbocycles. The second-order valence-corrected chi connectivity index (χ2v) is 6.78. The van der Waals surface area contributed by atoms with E-state index >= 15 is 0 Å². The average molecular weight is 293 g/mol. The summed E-state index contributed by atoms with van der Waals surface area (Å²) in [4.78, 5) is -0.163. The van der Waals surface area contributed by atoms with E-state index in [1.807, 2.05) is 0 Å². The van der Waals surface area contributed by atoms with Crippen LogP contribution in [0.5, 0.6) is 0 Å². The van der Waals surface area contributed by atoms with Gasteiger partial charge in [0.2, 0.25) is 0 Å². The van der Waals surface area contributed by atoms with Crippen molar-refractivity contribution >= 4 is 9.84 Å². The fraction of sp³-hybridized carbons (Fsp3) is 0.500. The third-order valence-electron chi connectivity index (χ3n) is 3.30. The van der Waals surface area contributed by atoms with Gasteiger partial charge >= 0.3 is 6.18 Å². The van der Waals surface area contributed by atoms with Crippen molar-refractivity contribution in [2.75, 3.05) is 13.6 Å². The van der Waals surface area contributed by atoms with Crippen LogP contribution in [0.15, 0.2) is 23.1 Å². The maximum absolute atomic E-state index is 12.6. The Bertz CT molecular complexity index is 581. The van der Waals surface area contributed by atoms with Crippen LogP contribution in [0.2, 0.25) is 0 Å². The second-order valence-electron chi connectivity index (χ2n) is 4.58. The van der Waals surface area contributed by atoms with Crippen molar-refractivity contribution in [3.8, 4) is 0 Å². The molecular weight excluding hydrogens is 279 g/mol. The van der Waals surface area contributed by atoms with Gasteiger partial charge in [-0.1, -0.05) is 6.07 Å². The SMILES string of the molecule is CNCCC1Cc2ccc(C(F)(F)F)cc2S1(=O)=O. The van der Waals surface area contributed by atoms with E-state index in [4.69, 9.17) is 0 Å². The Hall–Kier alpha value is -1.08. The molecule has 1 N–H and O–H groups in total. The minimum absolute atomic E-state index is 0.163. The third kappa shape index (κ3) is 2.62. The number of rotatable bonds is 3. The first-order valence-electron chi connectivity index (χ1n) is 5.85. The fourth-order valence-corrected chi connectivity index (χ4v) is 4.26. The van der Waals surface area contributed by atoms with E-state index in [-0.39, 0.29) is 11.3 Å². The summed E-state index contributed by atoms with van der Waals surface area (Å²) in [6, 6.07) is 2.97. The fourth-order valence-electron chi connectivity index (χ4n) is 2.26. The van der Waals surface area contributed by atoms with E-state index in [1.54, 1.807) is 7.05 Å². The Morgan fingerprint density at radius 1 is 1.37 bits per heavy atom. The van der Waals surface area contributed by atoms with Crippen LogP contribution in [0.3, 0.4) is 0 Å². The van der Waals surface area contributed by atoms with Crippen LogP contribution in [-0.4, -0.2) is 27.3 Å². The van der Waals surface area contributed by atoms with Crippen molar-refractivity contribution in [1.29, 1.82) is 0 Å². The van der Waals surface area contributed by atoms with Gasteiger partial charge in [-0.2, -0.15) is 13.2 Å². The largest absolute Gasteiger partial charge is 0.416 e. The van der Waals surface area contributed by atoms with Gasteiger partial charge in [-0.25, -0.2) is 8.42 Å². The van der Waals surface area contributed by atoms with Crippen LogP contribution >= 0.6 is 0 Å². The Morgan fingerprint density at radius 3 is 2.63 bits per heavy atom. The molecule has 1 aliphatic rings. The second kappa shape index (κ2) is 4.79. The molecule has 0 amide bonds. The summed E-state index contributed by atoms with van der Waals surface area (Å²) in [5.74, 6) is 0. The zero-order chi connectivity index (χ0) is 14.3. The Balaban J connectivity index is 2.39. The molecule has 7 heteroatoms. The van der Waals surface area contributed by atoms with Crippen molar-refractivity contribution in [2.45, 2.75) is 29.2 Å². The molecule has 0 fully saturated rings. The number of hydrogen-bond acceptors (Lipinski definition) is 3. The highest BCUT2D eigenvalue weighted by Crippen LogP contribution is 2.37. The summed E-state index contributed by atoms with van der Waals surface area (Å²) in [6.45, 7) is 0.518. The van der Waals surface area contributed by atoms with E-state index in [1.165, 1.54) is 6.07 Å². The molecule has 19 heavy (non-hydrogen) atoms. The van der Waals surface area contributed by atoms with Crippen LogP contribution in [0.25, 0.3) is 0 Å². The molecule has 0 saturated carbocycles. The van der Waals surface area contributed by atoms with Crippen molar-refractivity contribution in [2.24, 2.45) is 0 Å². The van der Waals surface area contributed by atoms with Crippen molar-refractivity contribution < 1.29 is 21.6 Å². The summed E-state index contributed by atoms with van der Waals surface area (Å²) in [7, 11) is -1.94. The zero-order valence-electron chi connectivity index (χ0n) is 10.3. The average Bonchev–Trinajstić information content (AvgIpc) is 2.57. The summed E-state index contributed by atoms with van der Waals surface area (Å²) in [5, 5.41) is 2.22. The lowest BCUT2D eigenvalue weighted by molar-refractivity contribution is -0.137. The smallest absolute Gasteiger partial charge is 0.320 e. The normalized spacial score (nSPS) is 21.4. The van der Waals surface area contributed by atoms with Crippen LogP contribution in [0, 0.1) is 0 Å². The molecule has 2 rings (SSSR count). The lowest BCUT2D eigenvalue weighted by Crippen LogP contribution is -2.22. The molecule has 0 bridgehead atoms. The molecule has 106 valence electrons. The summed E-state index contributed by atoms with van der Waals surface area (Å²) < 4.78 is 62.2. The predicted octanol–water partition coefficient (Wildman–Crippen LogP) is 2.01. The van der Waals surface area contributed by atoms with Crippen LogP contribution < -0.4 is 5.32 Å². The van der Waals surface area contributed by atoms with Gasteiger partial charge in [0, 0.05) is 0 Å². The lowest BCUT2D eigenvalue weighted by Gasteiger charge is -2.09. The topological polar surface area (TPSA) is 46.2 Å². The lowest BCUT2D eigenvalue weighted by atomic mass is 10.1. The first kappa shape index (κ1) is 14.3. The van der Waals surface area contributed by atoms with Crippen LogP contribution in [-0.2, 0) is 22.4 Å². The Labute approximate surface area is 109 Å². The van der Waals surface area contributed by atoms with E-state index in [0.717, 1.165) is 12.1 Å². The minimum Gasteiger partial charge on any atom is -0.320 e. The highest BCUT2D eigenvalue weighted by Gasteiger charge is 2.39. The Kier molecular flexibility index (Phi) is 3.61. The number of halogens is 3. The number of benzene rings is 1. The first-order chi connectivity index (χ1) is 8.76. The quantitative estimate of drug-likeness (QED) is 0.927. The van der Waals surface area contributed by atoms with Crippen LogP contribution in [0.1, 0.15) is 17.5 Å². The highest BCUT2D eigenvalue weighted by molar-refractivity contribution is 7.92. The summed E-state index contributed by atoms with van der Waals surface area (Å²) in [6.07, 6.45) is -3.83. The number of fused-ring (bicyclic) bond motifs is 1. The molecule has 0 saturated heterocycles. The van der Waals surface area contributed by atoms with E-state index in [9.17, 15) is 21.6 Å². The maximum Gasteiger partial charge on any atom is 0.416 e. The molecule has 1 heterocycles. The van der Waals surface area contributed by atoms with Crippen molar-refractivity contribution in [3.05, 3.63) is 29.3 Å². The molecule has 1 atom stereocenters.